The SMILES string of the molecule is c1ccc2cc3c(CC4CCCCCCCC4)cccc3cc2c1. The smallest absolute Gasteiger partial charge is 0.0145 e. The number of fused-ring (bicyclic) bond motifs is 2. The predicted octanol–water partition coefficient (Wildman–Crippen LogP) is 7.29. The van der Waals surface area contributed by atoms with Gasteiger partial charge in [-0.3, -0.25) is 0 Å². The summed E-state index contributed by atoms with van der Waals surface area (Å²) in [4.78, 5) is 0. The van der Waals surface area contributed by atoms with Gasteiger partial charge in [0.25, 0.3) is 0 Å². The normalized spacial score (nSPS) is 17.5. The molecule has 3 aromatic carbocycles. The van der Waals surface area contributed by atoms with Crippen molar-refractivity contribution in [1.82, 2.24) is 0 Å². The van der Waals surface area contributed by atoms with E-state index < -0.39 is 0 Å². The fourth-order valence-electron chi connectivity index (χ4n) is 4.44. The molecule has 0 bridgehead atoms. The number of rotatable bonds is 2. The summed E-state index contributed by atoms with van der Waals surface area (Å²) in [6.07, 6.45) is 12.7. The van der Waals surface area contributed by atoms with Gasteiger partial charge in [-0.25, -0.2) is 0 Å². The average molecular weight is 316 g/mol. The van der Waals surface area contributed by atoms with E-state index in [0.717, 1.165) is 5.92 Å². The maximum Gasteiger partial charge on any atom is -0.0145 e. The Morgan fingerprint density at radius 2 is 1.25 bits per heavy atom. The van der Waals surface area contributed by atoms with Crippen molar-refractivity contribution in [3.8, 4) is 0 Å². The van der Waals surface area contributed by atoms with Gasteiger partial charge in [-0.1, -0.05) is 93.8 Å². The van der Waals surface area contributed by atoms with E-state index in [0.29, 0.717) is 0 Å². The Labute approximate surface area is 145 Å². The van der Waals surface area contributed by atoms with E-state index >= 15 is 0 Å². The van der Waals surface area contributed by atoms with Gasteiger partial charge in [0.05, 0.1) is 0 Å². The largest absolute Gasteiger partial charge is 0.0616 e. The van der Waals surface area contributed by atoms with Gasteiger partial charge < -0.3 is 0 Å². The van der Waals surface area contributed by atoms with Crippen molar-refractivity contribution in [3.05, 3.63) is 60.2 Å². The van der Waals surface area contributed by atoms with Crippen LogP contribution in [0.15, 0.2) is 54.6 Å². The molecule has 0 nitrogen and oxygen atoms in total. The fourth-order valence-corrected chi connectivity index (χ4v) is 4.44. The van der Waals surface area contributed by atoms with Gasteiger partial charge in [0.15, 0.2) is 0 Å². The molecule has 0 atom stereocenters. The second kappa shape index (κ2) is 7.38. The third kappa shape index (κ3) is 3.48. The van der Waals surface area contributed by atoms with Gasteiger partial charge in [-0.2, -0.15) is 0 Å². The first-order valence-electron chi connectivity index (χ1n) is 9.80. The Morgan fingerprint density at radius 3 is 2.00 bits per heavy atom. The molecule has 3 aromatic rings. The zero-order valence-corrected chi connectivity index (χ0v) is 14.6. The first-order valence-corrected chi connectivity index (χ1v) is 9.80. The van der Waals surface area contributed by atoms with Crippen molar-refractivity contribution >= 4 is 21.5 Å². The molecule has 24 heavy (non-hydrogen) atoms. The molecule has 0 aliphatic heterocycles. The van der Waals surface area contributed by atoms with Crippen LogP contribution in [0.2, 0.25) is 0 Å². The van der Waals surface area contributed by atoms with Gasteiger partial charge in [0.1, 0.15) is 0 Å². The average Bonchev–Trinajstić information content (AvgIpc) is 2.74. The first kappa shape index (κ1) is 15.7. The summed E-state index contributed by atoms with van der Waals surface area (Å²) in [5.41, 5.74) is 1.56. The molecule has 124 valence electrons. The minimum Gasteiger partial charge on any atom is -0.0616 e. The molecule has 1 aliphatic carbocycles. The van der Waals surface area contributed by atoms with Crippen LogP contribution in [0.4, 0.5) is 0 Å². The van der Waals surface area contributed by atoms with Crippen LogP contribution in [-0.4, -0.2) is 0 Å². The van der Waals surface area contributed by atoms with Crippen LogP contribution in [0.25, 0.3) is 21.5 Å². The van der Waals surface area contributed by atoms with Crippen LogP contribution in [0.3, 0.4) is 0 Å². The third-order valence-electron chi connectivity index (χ3n) is 5.82. The number of hydrogen-bond donors (Lipinski definition) is 0. The summed E-state index contributed by atoms with van der Waals surface area (Å²) < 4.78 is 0. The Balaban J connectivity index is 1.66. The van der Waals surface area contributed by atoms with Crippen molar-refractivity contribution in [2.45, 2.75) is 57.8 Å². The second-order valence-electron chi connectivity index (χ2n) is 7.61. The molecule has 0 spiro atoms. The van der Waals surface area contributed by atoms with E-state index in [1.54, 1.807) is 5.56 Å². The molecule has 1 aliphatic rings. The lowest BCUT2D eigenvalue weighted by molar-refractivity contribution is 0.426. The van der Waals surface area contributed by atoms with Gasteiger partial charge >= 0.3 is 0 Å². The zero-order chi connectivity index (χ0) is 16.2. The Bertz CT molecular complexity index is 805. The molecular weight excluding hydrogens is 288 g/mol. The number of hydrogen-bond acceptors (Lipinski definition) is 0. The van der Waals surface area contributed by atoms with Gasteiger partial charge in [-0.05, 0) is 51.6 Å². The predicted molar refractivity (Wildman–Crippen MR) is 106 cm³/mol. The Morgan fingerprint density at radius 1 is 0.625 bits per heavy atom. The maximum absolute atomic E-state index is 2.41. The van der Waals surface area contributed by atoms with Crippen molar-refractivity contribution in [2.24, 2.45) is 5.92 Å². The monoisotopic (exact) mass is 316 g/mol. The number of benzene rings is 3. The highest BCUT2D eigenvalue weighted by Crippen LogP contribution is 2.30. The van der Waals surface area contributed by atoms with E-state index in [9.17, 15) is 0 Å². The molecule has 0 amide bonds. The lowest BCUT2D eigenvalue weighted by Crippen LogP contribution is -2.05. The molecule has 0 unspecified atom stereocenters. The summed E-state index contributed by atoms with van der Waals surface area (Å²) in [6, 6.07) is 20.4. The highest BCUT2D eigenvalue weighted by atomic mass is 14.2. The molecule has 0 saturated heterocycles. The van der Waals surface area contributed by atoms with Gasteiger partial charge in [0, 0.05) is 0 Å². The minimum absolute atomic E-state index is 0.875. The lowest BCUT2D eigenvalue weighted by atomic mass is 9.88. The molecule has 1 fully saturated rings. The lowest BCUT2D eigenvalue weighted by Gasteiger charge is -2.17. The highest BCUT2D eigenvalue weighted by molar-refractivity contribution is 5.99. The molecular formula is C24H28. The van der Waals surface area contributed by atoms with E-state index in [1.165, 1.54) is 79.3 Å². The van der Waals surface area contributed by atoms with E-state index in [2.05, 4.69) is 54.6 Å². The quantitative estimate of drug-likeness (QED) is 0.435. The van der Waals surface area contributed by atoms with Crippen molar-refractivity contribution < 1.29 is 0 Å². The van der Waals surface area contributed by atoms with Crippen LogP contribution in [-0.2, 0) is 6.42 Å². The maximum atomic E-state index is 2.41. The second-order valence-corrected chi connectivity index (χ2v) is 7.61. The molecule has 0 aromatic heterocycles. The van der Waals surface area contributed by atoms with E-state index in [4.69, 9.17) is 0 Å². The summed E-state index contributed by atoms with van der Waals surface area (Å²) >= 11 is 0. The van der Waals surface area contributed by atoms with E-state index in [-0.39, 0.29) is 0 Å². The highest BCUT2D eigenvalue weighted by Gasteiger charge is 2.13. The standard InChI is InChI=1S/C24H28/c1-2-4-6-11-19(10-5-3-1)16-22-14-9-15-23-17-20-12-7-8-13-21(20)18-24(22)23/h7-9,12-15,17-19H,1-6,10-11,16H2. The summed E-state index contributed by atoms with van der Waals surface area (Å²) in [6.45, 7) is 0. The van der Waals surface area contributed by atoms with Gasteiger partial charge in [-0.15, -0.1) is 0 Å². The fraction of sp³-hybridized carbons (Fsp3) is 0.417. The molecule has 0 N–H and O–H groups in total. The molecule has 1 saturated carbocycles. The molecule has 0 radical (unpaired) electrons. The van der Waals surface area contributed by atoms with Crippen LogP contribution in [0.5, 0.6) is 0 Å². The van der Waals surface area contributed by atoms with Gasteiger partial charge in [0.2, 0.25) is 0 Å². The summed E-state index contributed by atoms with van der Waals surface area (Å²) in [5.74, 6) is 0.875. The Kier molecular flexibility index (Phi) is 4.83. The van der Waals surface area contributed by atoms with Crippen LogP contribution in [0.1, 0.15) is 56.9 Å². The molecule has 0 heteroatoms. The van der Waals surface area contributed by atoms with Crippen molar-refractivity contribution in [2.75, 3.05) is 0 Å². The van der Waals surface area contributed by atoms with Crippen molar-refractivity contribution in [3.63, 3.8) is 0 Å². The Hall–Kier alpha value is -1.82. The summed E-state index contributed by atoms with van der Waals surface area (Å²) in [5, 5.41) is 5.59. The van der Waals surface area contributed by atoms with E-state index in [1.807, 2.05) is 0 Å². The minimum atomic E-state index is 0.875. The third-order valence-corrected chi connectivity index (χ3v) is 5.82. The summed E-state index contributed by atoms with van der Waals surface area (Å²) in [7, 11) is 0. The van der Waals surface area contributed by atoms with Crippen molar-refractivity contribution in [1.29, 1.82) is 0 Å². The van der Waals surface area contributed by atoms with Crippen LogP contribution in [0, 0.1) is 5.92 Å². The molecule has 0 heterocycles. The zero-order valence-electron chi connectivity index (χ0n) is 14.6. The topological polar surface area (TPSA) is 0 Å². The first-order chi connectivity index (χ1) is 11.9. The van der Waals surface area contributed by atoms with Crippen LogP contribution < -0.4 is 0 Å². The van der Waals surface area contributed by atoms with Crippen LogP contribution >= 0.6 is 0 Å². The molecule has 4 rings (SSSR count).